The van der Waals surface area contributed by atoms with Crippen molar-refractivity contribution in [2.24, 2.45) is 0 Å². The molecule has 0 heterocycles. The molecule has 0 unspecified atom stereocenters. The van der Waals surface area contributed by atoms with Crippen LogP contribution in [-0.2, 0) is 6.42 Å². The van der Waals surface area contributed by atoms with Crippen LogP contribution in [0.25, 0.3) is 0 Å². The molecule has 0 aromatic heterocycles. The van der Waals surface area contributed by atoms with Gasteiger partial charge in [-0.2, -0.15) is 0 Å². The topological polar surface area (TPSA) is 20.2 Å². The Hall–Kier alpha value is -0.530. The van der Waals surface area contributed by atoms with Crippen LogP contribution in [0.1, 0.15) is 25.3 Å². The van der Waals surface area contributed by atoms with Gasteiger partial charge in [-0.1, -0.05) is 43.1 Å². The van der Waals surface area contributed by atoms with Crippen LogP contribution in [-0.4, -0.2) is 11.2 Å². The van der Waals surface area contributed by atoms with Crippen LogP contribution in [0.3, 0.4) is 0 Å². The van der Waals surface area contributed by atoms with Crippen molar-refractivity contribution in [1.29, 1.82) is 0 Å². The second-order valence-corrected chi connectivity index (χ2v) is 3.65. The van der Waals surface area contributed by atoms with E-state index in [1.807, 2.05) is 24.3 Å². The van der Waals surface area contributed by atoms with Crippen LogP contribution in [0.15, 0.2) is 24.3 Å². The molecule has 1 aromatic rings. The fourth-order valence-electron chi connectivity index (χ4n) is 1.35. The maximum atomic E-state index is 9.57. The zero-order valence-electron chi connectivity index (χ0n) is 7.83. The van der Waals surface area contributed by atoms with Crippen molar-refractivity contribution >= 4 is 11.6 Å². The highest BCUT2D eigenvalue weighted by Crippen LogP contribution is 2.17. The summed E-state index contributed by atoms with van der Waals surface area (Å²) in [6.07, 6.45) is 2.24. The first kappa shape index (κ1) is 10.6. The van der Waals surface area contributed by atoms with E-state index >= 15 is 0 Å². The number of hydrogen-bond donors (Lipinski definition) is 1. The molecular formula is C11H15ClO. The zero-order valence-corrected chi connectivity index (χ0v) is 8.59. The molecule has 0 fully saturated rings. The lowest BCUT2D eigenvalue weighted by atomic mass is 10.0. The Balaban J connectivity index is 2.58. The Bertz CT molecular complexity index is 260. The van der Waals surface area contributed by atoms with E-state index in [1.165, 1.54) is 0 Å². The molecule has 0 bridgehead atoms. The molecule has 1 rings (SSSR count). The van der Waals surface area contributed by atoms with E-state index in [1.54, 1.807) is 0 Å². The number of benzene rings is 1. The van der Waals surface area contributed by atoms with E-state index in [4.69, 9.17) is 11.6 Å². The average molecular weight is 199 g/mol. The van der Waals surface area contributed by atoms with Gasteiger partial charge in [0, 0.05) is 5.02 Å². The van der Waals surface area contributed by atoms with Crippen LogP contribution in [0, 0.1) is 0 Å². The molecule has 1 nitrogen and oxygen atoms in total. The van der Waals surface area contributed by atoms with Crippen molar-refractivity contribution in [3.8, 4) is 0 Å². The number of halogens is 1. The molecule has 0 spiro atoms. The second-order valence-electron chi connectivity index (χ2n) is 3.24. The summed E-state index contributed by atoms with van der Waals surface area (Å²) in [7, 11) is 0. The Labute approximate surface area is 84.4 Å². The Kier molecular flexibility index (Phi) is 4.26. The maximum absolute atomic E-state index is 9.57. The summed E-state index contributed by atoms with van der Waals surface area (Å²) < 4.78 is 0. The van der Waals surface area contributed by atoms with E-state index in [0.717, 1.165) is 23.4 Å². The molecule has 0 saturated heterocycles. The summed E-state index contributed by atoms with van der Waals surface area (Å²) >= 11 is 5.96. The smallest absolute Gasteiger partial charge is 0.0581 e. The highest BCUT2D eigenvalue weighted by Gasteiger charge is 2.06. The first-order chi connectivity index (χ1) is 6.24. The number of aliphatic hydroxyl groups is 1. The molecule has 2 heteroatoms. The lowest BCUT2D eigenvalue weighted by Gasteiger charge is -2.09. The molecule has 0 aliphatic heterocycles. The first-order valence-electron chi connectivity index (χ1n) is 4.65. The van der Waals surface area contributed by atoms with Gasteiger partial charge in [-0.25, -0.2) is 0 Å². The van der Waals surface area contributed by atoms with Crippen LogP contribution >= 0.6 is 11.6 Å². The highest BCUT2D eigenvalue weighted by molar-refractivity contribution is 6.31. The summed E-state index contributed by atoms with van der Waals surface area (Å²) in [4.78, 5) is 0. The van der Waals surface area contributed by atoms with Crippen molar-refractivity contribution in [2.45, 2.75) is 32.3 Å². The molecule has 0 aliphatic carbocycles. The Morgan fingerprint density at radius 1 is 1.38 bits per heavy atom. The predicted molar refractivity (Wildman–Crippen MR) is 56.1 cm³/mol. The van der Waals surface area contributed by atoms with Gasteiger partial charge in [-0.05, 0) is 24.5 Å². The monoisotopic (exact) mass is 198 g/mol. The van der Waals surface area contributed by atoms with Gasteiger partial charge in [-0.3, -0.25) is 0 Å². The fraction of sp³-hybridized carbons (Fsp3) is 0.455. The Morgan fingerprint density at radius 2 is 2.08 bits per heavy atom. The van der Waals surface area contributed by atoms with Gasteiger partial charge in [0.2, 0.25) is 0 Å². The van der Waals surface area contributed by atoms with Crippen molar-refractivity contribution in [2.75, 3.05) is 0 Å². The third-order valence-corrected chi connectivity index (χ3v) is 2.40. The molecule has 0 aliphatic rings. The molecule has 1 atom stereocenters. The van der Waals surface area contributed by atoms with Gasteiger partial charge in [-0.15, -0.1) is 0 Å². The molecule has 1 N–H and O–H groups in total. The third-order valence-electron chi connectivity index (χ3n) is 2.04. The van der Waals surface area contributed by atoms with Crippen molar-refractivity contribution in [3.63, 3.8) is 0 Å². The van der Waals surface area contributed by atoms with Crippen LogP contribution in [0.4, 0.5) is 0 Å². The molecule has 0 amide bonds. The second kappa shape index (κ2) is 5.25. The normalized spacial score (nSPS) is 12.8. The molecule has 0 radical (unpaired) electrons. The van der Waals surface area contributed by atoms with E-state index in [-0.39, 0.29) is 6.10 Å². The molecule has 1 aromatic carbocycles. The average Bonchev–Trinajstić information content (AvgIpc) is 2.09. The fourth-order valence-corrected chi connectivity index (χ4v) is 1.57. The number of aliphatic hydroxyl groups excluding tert-OH is 1. The maximum Gasteiger partial charge on any atom is 0.0581 e. The molecule has 72 valence electrons. The highest BCUT2D eigenvalue weighted by atomic mass is 35.5. The standard InChI is InChI=1S/C11H15ClO/c1-2-5-10(13)8-9-6-3-4-7-11(9)12/h3-4,6-7,10,13H,2,5,8H2,1H3/t10-/m1/s1. The van der Waals surface area contributed by atoms with Crippen LogP contribution in [0.2, 0.25) is 5.02 Å². The SMILES string of the molecule is CCC[C@@H](O)Cc1ccccc1Cl. The van der Waals surface area contributed by atoms with E-state index in [0.29, 0.717) is 6.42 Å². The minimum absolute atomic E-state index is 0.259. The van der Waals surface area contributed by atoms with Crippen LogP contribution in [0.5, 0.6) is 0 Å². The van der Waals surface area contributed by atoms with Crippen LogP contribution < -0.4 is 0 Å². The van der Waals surface area contributed by atoms with E-state index in [2.05, 4.69) is 6.92 Å². The minimum Gasteiger partial charge on any atom is -0.393 e. The Morgan fingerprint density at radius 3 is 2.69 bits per heavy atom. The lowest BCUT2D eigenvalue weighted by molar-refractivity contribution is 0.164. The quantitative estimate of drug-likeness (QED) is 0.789. The van der Waals surface area contributed by atoms with Crippen molar-refractivity contribution in [1.82, 2.24) is 0 Å². The zero-order chi connectivity index (χ0) is 9.68. The van der Waals surface area contributed by atoms with Gasteiger partial charge >= 0.3 is 0 Å². The van der Waals surface area contributed by atoms with Gasteiger partial charge in [0.1, 0.15) is 0 Å². The lowest BCUT2D eigenvalue weighted by Crippen LogP contribution is -2.09. The summed E-state index contributed by atoms with van der Waals surface area (Å²) in [5, 5.41) is 10.3. The largest absolute Gasteiger partial charge is 0.393 e. The van der Waals surface area contributed by atoms with Gasteiger partial charge in [0.05, 0.1) is 6.10 Å². The molecule has 13 heavy (non-hydrogen) atoms. The van der Waals surface area contributed by atoms with E-state index < -0.39 is 0 Å². The summed E-state index contributed by atoms with van der Waals surface area (Å²) in [6, 6.07) is 7.66. The third kappa shape index (κ3) is 3.37. The predicted octanol–water partition coefficient (Wildman–Crippen LogP) is 3.04. The van der Waals surface area contributed by atoms with Gasteiger partial charge < -0.3 is 5.11 Å². The first-order valence-corrected chi connectivity index (χ1v) is 5.03. The van der Waals surface area contributed by atoms with Gasteiger partial charge in [0.15, 0.2) is 0 Å². The minimum atomic E-state index is -0.259. The van der Waals surface area contributed by atoms with Crippen molar-refractivity contribution in [3.05, 3.63) is 34.9 Å². The van der Waals surface area contributed by atoms with Crippen molar-refractivity contribution < 1.29 is 5.11 Å². The summed E-state index contributed by atoms with van der Waals surface area (Å²) in [5.41, 5.74) is 1.03. The summed E-state index contributed by atoms with van der Waals surface area (Å²) in [6.45, 7) is 2.07. The number of hydrogen-bond acceptors (Lipinski definition) is 1. The van der Waals surface area contributed by atoms with Gasteiger partial charge in [0.25, 0.3) is 0 Å². The molecule has 0 saturated carbocycles. The summed E-state index contributed by atoms with van der Waals surface area (Å²) in [5.74, 6) is 0. The van der Waals surface area contributed by atoms with E-state index in [9.17, 15) is 5.11 Å². The number of rotatable bonds is 4. The molecular weight excluding hydrogens is 184 g/mol.